The van der Waals surface area contributed by atoms with E-state index in [0.717, 1.165) is 11.0 Å². The molecule has 1 fully saturated rings. The van der Waals surface area contributed by atoms with Crippen molar-refractivity contribution in [2.45, 2.75) is 45.4 Å². The highest BCUT2D eigenvalue weighted by atomic mass is 16.7. The molecule has 1 saturated heterocycles. The quantitative estimate of drug-likeness (QED) is 0.859. The molecule has 0 bridgehead atoms. The highest BCUT2D eigenvalue weighted by Gasteiger charge is 2.51. The number of rotatable bonds is 4. The van der Waals surface area contributed by atoms with E-state index in [1.165, 1.54) is 0 Å². The summed E-state index contributed by atoms with van der Waals surface area (Å²) in [6.45, 7) is 8.55. The van der Waals surface area contributed by atoms with Crippen molar-refractivity contribution in [3.63, 3.8) is 0 Å². The van der Waals surface area contributed by atoms with Crippen LogP contribution in [0.1, 0.15) is 43.6 Å². The molecular formula is C16H24BNO4. The van der Waals surface area contributed by atoms with Crippen molar-refractivity contribution in [2.24, 2.45) is 0 Å². The van der Waals surface area contributed by atoms with Crippen LogP contribution in [0.15, 0.2) is 18.2 Å². The molecule has 1 aromatic rings. The summed E-state index contributed by atoms with van der Waals surface area (Å²) in [5, 5.41) is 9.32. The average Bonchev–Trinajstić information content (AvgIpc) is 2.57. The smallest absolute Gasteiger partial charge is 0.478 e. The maximum atomic E-state index is 11.4. The Hall–Kier alpha value is -1.37. The van der Waals surface area contributed by atoms with E-state index in [0.29, 0.717) is 12.1 Å². The second kappa shape index (κ2) is 5.68. The number of aromatic carboxylic acids is 1. The third kappa shape index (κ3) is 3.19. The molecule has 0 unspecified atom stereocenters. The lowest BCUT2D eigenvalue weighted by Crippen LogP contribution is -2.41. The van der Waals surface area contributed by atoms with E-state index in [4.69, 9.17) is 9.31 Å². The van der Waals surface area contributed by atoms with E-state index < -0.39 is 24.3 Å². The summed E-state index contributed by atoms with van der Waals surface area (Å²) < 4.78 is 12.1. The molecule has 0 saturated carbocycles. The van der Waals surface area contributed by atoms with Crippen molar-refractivity contribution in [2.75, 3.05) is 14.1 Å². The van der Waals surface area contributed by atoms with E-state index in [2.05, 4.69) is 0 Å². The van der Waals surface area contributed by atoms with Crippen LogP contribution in [-0.2, 0) is 15.9 Å². The molecular weight excluding hydrogens is 281 g/mol. The lowest BCUT2D eigenvalue weighted by Gasteiger charge is -2.32. The van der Waals surface area contributed by atoms with Crippen LogP contribution in [0.2, 0.25) is 0 Å². The van der Waals surface area contributed by atoms with Crippen molar-refractivity contribution in [3.8, 4) is 0 Å². The summed E-state index contributed by atoms with van der Waals surface area (Å²) in [5.41, 5.74) is 1.09. The van der Waals surface area contributed by atoms with Gasteiger partial charge in [-0.05, 0) is 58.9 Å². The first-order valence-electron chi connectivity index (χ1n) is 7.40. The molecule has 1 aromatic carbocycles. The summed E-state index contributed by atoms with van der Waals surface area (Å²) >= 11 is 0. The lowest BCUT2D eigenvalue weighted by atomic mass is 9.77. The number of carboxylic acids is 1. The SMILES string of the molecule is CN(C)Cc1cc(B2OC(C)(C)C(C)(C)O2)ccc1C(=O)O. The molecule has 0 aromatic heterocycles. The number of carbonyl (C=O) groups is 1. The van der Waals surface area contributed by atoms with E-state index >= 15 is 0 Å². The molecule has 1 aliphatic heterocycles. The summed E-state index contributed by atoms with van der Waals surface area (Å²) in [4.78, 5) is 13.3. The Kier molecular flexibility index (Phi) is 4.39. The van der Waals surface area contributed by atoms with Gasteiger partial charge >= 0.3 is 13.1 Å². The minimum Gasteiger partial charge on any atom is -0.478 e. The largest absolute Gasteiger partial charge is 0.494 e. The molecule has 0 aliphatic carbocycles. The molecule has 1 aliphatic rings. The van der Waals surface area contributed by atoms with Gasteiger partial charge in [-0.2, -0.15) is 0 Å². The molecule has 0 atom stereocenters. The fourth-order valence-corrected chi connectivity index (χ4v) is 2.42. The highest BCUT2D eigenvalue weighted by molar-refractivity contribution is 6.62. The predicted octanol–water partition coefficient (Wildman–Crippen LogP) is 1.75. The van der Waals surface area contributed by atoms with Gasteiger partial charge in [0.1, 0.15) is 0 Å². The fourth-order valence-electron chi connectivity index (χ4n) is 2.42. The average molecular weight is 305 g/mol. The van der Waals surface area contributed by atoms with E-state index in [1.54, 1.807) is 12.1 Å². The molecule has 22 heavy (non-hydrogen) atoms. The first-order valence-corrected chi connectivity index (χ1v) is 7.40. The summed E-state index contributed by atoms with van der Waals surface area (Å²) in [5.74, 6) is -0.919. The van der Waals surface area contributed by atoms with Gasteiger partial charge in [0.15, 0.2) is 0 Å². The van der Waals surface area contributed by atoms with Crippen molar-refractivity contribution < 1.29 is 19.2 Å². The molecule has 0 spiro atoms. The molecule has 5 nitrogen and oxygen atoms in total. The van der Waals surface area contributed by atoms with Gasteiger partial charge < -0.3 is 19.3 Å². The Labute approximate surface area is 132 Å². The Morgan fingerprint density at radius 2 is 1.73 bits per heavy atom. The minimum absolute atomic E-state index is 0.314. The van der Waals surface area contributed by atoms with Crippen LogP contribution < -0.4 is 5.46 Å². The first kappa shape index (κ1) is 17.0. The zero-order chi connectivity index (χ0) is 16.7. The van der Waals surface area contributed by atoms with Crippen LogP contribution in [0.4, 0.5) is 0 Å². The number of hydrogen-bond donors (Lipinski definition) is 1. The standard InChI is InChI=1S/C16H24BNO4/c1-15(2)16(3,4)22-17(21-15)12-7-8-13(14(19)20)11(9-12)10-18(5)6/h7-9H,10H2,1-6H3,(H,19,20). The summed E-state index contributed by atoms with van der Waals surface area (Å²) in [6, 6.07) is 5.26. The van der Waals surface area contributed by atoms with Gasteiger partial charge in [0.05, 0.1) is 16.8 Å². The first-order chi connectivity index (χ1) is 10.0. The molecule has 2 rings (SSSR count). The van der Waals surface area contributed by atoms with Gasteiger partial charge in [-0.3, -0.25) is 0 Å². The summed E-state index contributed by atoms with van der Waals surface area (Å²) in [6.07, 6.45) is 0. The van der Waals surface area contributed by atoms with Crippen LogP contribution in [0.5, 0.6) is 0 Å². The van der Waals surface area contributed by atoms with Crippen molar-refractivity contribution in [1.82, 2.24) is 4.90 Å². The van der Waals surface area contributed by atoms with Gasteiger partial charge in [-0.15, -0.1) is 0 Å². The van der Waals surface area contributed by atoms with E-state index in [9.17, 15) is 9.90 Å². The normalized spacial score (nSPS) is 19.7. The van der Waals surface area contributed by atoms with Crippen LogP contribution >= 0.6 is 0 Å². The second-order valence-electron chi connectivity index (χ2n) is 7.05. The number of benzene rings is 1. The predicted molar refractivity (Wildman–Crippen MR) is 86.5 cm³/mol. The number of hydrogen-bond acceptors (Lipinski definition) is 4. The molecule has 120 valence electrons. The Morgan fingerprint density at radius 1 is 1.18 bits per heavy atom. The topological polar surface area (TPSA) is 59.0 Å². The third-order valence-corrected chi connectivity index (χ3v) is 4.37. The van der Waals surface area contributed by atoms with Gasteiger partial charge in [-0.1, -0.05) is 12.1 Å². The van der Waals surface area contributed by atoms with Gasteiger partial charge in [0, 0.05) is 6.54 Å². The van der Waals surface area contributed by atoms with Crippen molar-refractivity contribution >= 4 is 18.6 Å². The molecule has 1 heterocycles. The zero-order valence-electron chi connectivity index (χ0n) is 14.1. The Bertz CT molecular complexity index is 568. The van der Waals surface area contributed by atoms with E-state index in [1.807, 2.05) is 52.8 Å². The second-order valence-corrected chi connectivity index (χ2v) is 7.05. The fraction of sp³-hybridized carbons (Fsp3) is 0.562. The maximum absolute atomic E-state index is 11.4. The van der Waals surface area contributed by atoms with Crippen molar-refractivity contribution in [3.05, 3.63) is 29.3 Å². The molecule has 0 radical (unpaired) electrons. The van der Waals surface area contributed by atoms with Gasteiger partial charge in [0.25, 0.3) is 0 Å². The minimum atomic E-state index is -0.919. The monoisotopic (exact) mass is 305 g/mol. The van der Waals surface area contributed by atoms with Gasteiger partial charge in [0.2, 0.25) is 0 Å². The third-order valence-electron chi connectivity index (χ3n) is 4.37. The molecule has 1 N–H and O–H groups in total. The van der Waals surface area contributed by atoms with Crippen LogP contribution in [-0.4, -0.2) is 48.4 Å². The zero-order valence-corrected chi connectivity index (χ0v) is 14.1. The van der Waals surface area contributed by atoms with E-state index in [-0.39, 0.29) is 0 Å². The van der Waals surface area contributed by atoms with Crippen LogP contribution in [0, 0.1) is 0 Å². The molecule has 6 heteroatoms. The summed E-state index contributed by atoms with van der Waals surface area (Å²) in [7, 11) is 3.34. The molecule has 0 amide bonds. The van der Waals surface area contributed by atoms with Crippen LogP contribution in [0.25, 0.3) is 0 Å². The Morgan fingerprint density at radius 3 is 2.18 bits per heavy atom. The number of nitrogens with zero attached hydrogens (tertiary/aromatic N) is 1. The lowest BCUT2D eigenvalue weighted by molar-refractivity contribution is 0.00578. The maximum Gasteiger partial charge on any atom is 0.494 e. The van der Waals surface area contributed by atoms with Crippen molar-refractivity contribution in [1.29, 1.82) is 0 Å². The van der Waals surface area contributed by atoms with Crippen LogP contribution in [0.3, 0.4) is 0 Å². The number of carboxylic acid groups (broad SMARTS) is 1. The van der Waals surface area contributed by atoms with Gasteiger partial charge in [-0.25, -0.2) is 4.79 Å². The highest BCUT2D eigenvalue weighted by Crippen LogP contribution is 2.36. The Balaban J connectivity index is 2.36.